The Hall–Kier alpha value is -3.46. The first kappa shape index (κ1) is 29.5. The average Bonchev–Trinajstić information content (AvgIpc) is 2.71. The summed E-state index contributed by atoms with van der Waals surface area (Å²) in [5, 5.41) is 34.3. The van der Waals surface area contributed by atoms with E-state index < -0.39 is 59.9 Å². The monoisotopic (exact) mass is 475 g/mol. The number of hydrogen-bond donors (Lipinski definition) is 9. The Balaban J connectivity index is 5.38. The number of aliphatic imine (C=N–C) groups is 1. The lowest BCUT2D eigenvalue weighted by molar-refractivity contribution is -0.142. The number of amides is 3. The average molecular weight is 476 g/mol. The maximum Gasteiger partial charge on any atom is 0.325 e. The van der Waals surface area contributed by atoms with Gasteiger partial charge in [-0.25, -0.2) is 0 Å². The minimum atomic E-state index is -1.52. The molecule has 188 valence electrons. The van der Waals surface area contributed by atoms with Crippen molar-refractivity contribution in [3.63, 3.8) is 0 Å². The number of carbonyl (C=O) groups excluding carboxylic acids is 3. The van der Waals surface area contributed by atoms with Crippen LogP contribution in [0.5, 0.6) is 0 Å². The summed E-state index contributed by atoms with van der Waals surface area (Å²) in [6, 6.07) is -5.23. The van der Waals surface area contributed by atoms with Crippen LogP contribution >= 0.6 is 0 Å². The molecule has 0 saturated heterocycles. The van der Waals surface area contributed by atoms with Gasteiger partial charge in [0.05, 0.1) is 12.1 Å². The summed E-state index contributed by atoms with van der Waals surface area (Å²) in [6.45, 7) is 2.54. The van der Waals surface area contributed by atoms with Crippen LogP contribution in [0.1, 0.15) is 39.5 Å². The molecule has 5 unspecified atom stereocenters. The van der Waals surface area contributed by atoms with Crippen molar-refractivity contribution in [3.8, 4) is 0 Å². The minimum absolute atomic E-state index is 0.0136. The lowest BCUT2D eigenvalue weighted by Gasteiger charge is -2.26. The van der Waals surface area contributed by atoms with Crippen LogP contribution in [-0.2, 0) is 24.0 Å². The van der Waals surface area contributed by atoms with E-state index in [1.165, 1.54) is 13.8 Å². The van der Waals surface area contributed by atoms with E-state index in [4.69, 9.17) is 27.4 Å². The molecular weight excluding hydrogens is 442 g/mol. The maximum atomic E-state index is 12.8. The fourth-order valence-corrected chi connectivity index (χ4v) is 2.49. The minimum Gasteiger partial charge on any atom is -0.481 e. The molecule has 0 fully saturated rings. The largest absolute Gasteiger partial charge is 0.481 e. The summed E-state index contributed by atoms with van der Waals surface area (Å²) in [4.78, 5) is 62.8. The Morgan fingerprint density at radius 1 is 0.909 bits per heavy atom. The number of nitrogens with one attached hydrogen (secondary N) is 3. The van der Waals surface area contributed by atoms with E-state index >= 15 is 0 Å². The van der Waals surface area contributed by atoms with Crippen molar-refractivity contribution in [1.29, 1.82) is 0 Å². The van der Waals surface area contributed by atoms with Crippen LogP contribution in [0.4, 0.5) is 0 Å². The van der Waals surface area contributed by atoms with Crippen molar-refractivity contribution in [1.82, 2.24) is 16.0 Å². The van der Waals surface area contributed by atoms with Gasteiger partial charge >= 0.3 is 11.9 Å². The van der Waals surface area contributed by atoms with Gasteiger partial charge in [0.15, 0.2) is 5.96 Å². The summed E-state index contributed by atoms with van der Waals surface area (Å²) >= 11 is 0. The zero-order valence-electron chi connectivity index (χ0n) is 18.5. The van der Waals surface area contributed by atoms with E-state index in [1.54, 1.807) is 0 Å². The van der Waals surface area contributed by atoms with Crippen LogP contribution in [0.15, 0.2) is 4.99 Å². The molecule has 0 aromatic heterocycles. The first-order valence-electron chi connectivity index (χ1n) is 10.1. The summed E-state index contributed by atoms with van der Waals surface area (Å²) in [5.74, 6) is -5.24. The first-order chi connectivity index (χ1) is 15.3. The number of aliphatic hydroxyl groups excluding tert-OH is 1. The molecule has 0 bridgehead atoms. The fourth-order valence-electron chi connectivity index (χ4n) is 2.49. The van der Waals surface area contributed by atoms with Gasteiger partial charge in [0.1, 0.15) is 18.1 Å². The van der Waals surface area contributed by atoms with Crippen molar-refractivity contribution in [3.05, 3.63) is 0 Å². The van der Waals surface area contributed by atoms with Gasteiger partial charge in [-0.2, -0.15) is 0 Å². The van der Waals surface area contributed by atoms with E-state index in [1.807, 2.05) is 0 Å². The number of rotatable bonds is 15. The second-order valence-electron chi connectivity index (χ2n) is 7.34. The lowest BCUT2D eigenvalue weighted by atomic mass is 10.1. The first-order valence-corrected chi connectivity index (χ1v) is 10.1. The van der Waals surface area contributed by atoms with Crippen LogP contribution in [0, 0.1) is 0 Å². The topological polar surface area (TPSA) is 273 Å². The highest BCUT2D eigenvalue weighted by molar-refractivity contribution is 5.94. The molecule has 12 N–H and O–H groups in total. The molecule has 0 radical (unpaired) electrons. The molecule has 0 aliphatic rings. The van der Waals surface area contributed by atoms with E-state index in [0.29, 0.717) is 0 Å². The molecule has 3 amide bonds. The number of aliphatic hydroxyl groups is 1. The second kappa shape index (κ2) is 14.6. The molecule has 0 spiro atoms. The molecule has 0 aromatic carbocycles. The fraction of sp³-hybridized carbons (Fsp3) is 0.667. The van der Waals surface area contributed by atoms with Crippen molar-refractivity contribution in [2.45, 2.75) is 69.8 Å². The van der Waals surface area contributed by atoms with Crippen LogP contribution in [0.25, 0.3) is 0 Å². The number of nitrogens with zero attached hydrogens (tertiary/aromatic N) is 1. The Bertz CT molecular complexity index is 739. The Morgan fingerprint density at radius 2 is 1.52 bits per heavy atom. The Morgan fingerprint density at radius 3 is 2.00 bits per heavy atom. The molecule has 33 heavy (non-hydrogen) atoms. The number of carboxylic acids is 2. The van der Waals surface area contributed by atoms with Crippen LogP contribution in [0.3, 0.4) is 0 Å². The highest BCUT2D eigenvalue weighted by Crippen LogP contribution is 2.04. The summed E-state index contributed by atoms with van der Waals surface area (Å²) in [5.41, 5.74) is 16.1. The van der Waals surface area contributed by atoms with Crippen molar-refractivity contribution >= 4 is 35.6 Å². The van der Waals surface area contributed by atoms with Crippen molar-refractivity contribution in [2.75, 3.05) is 6.54 Å². The highest BCUT2D eigenvalue weighted by Gasteiger charge is 2.31. The van der Waals surface area contributed by atoms with Gasteiger partial charge in [0.25, 0.3) is 0 Å². The molecule has 0 saturated carbocycles. The van der Waals surface area contributed by atoms with Gasteiger partial charge in [-0.3, -0.25) is 29.0 Å². The molecule has 15 heteroatoms. The second-order valence-corrected chi connectivity index (χ2v) is 7.34. The summed E-state index contributed by atoms with van der Waals surface area (Å²) in [6.07, 6.45) is -1.68. The molecule has 0 aromatic rings. The van der Waals surface area contributed by atoms with Crippen LogP contribution in [0.2, 0.25) is 0 Å². The molecule has 5 atom stereocenters. The predicted octanol–water partition coefficient (Wildman–Crippen LogP) is -3.83. The van der Waals surface area contributed by atoms with E-state index in [0.717, 1.165) is 0 Å². The van der Waals surface area contributed by atoms with Crippen LogP contribution in [-0.4, -0.2) is 87.8 Å². The third kappa shape index (κ3) is 12.2. The molecule has 0 rings (SSSR count). The third-order valence-electron chi connectivity index (χ3n) is 4.38. The van der Waals surface area contributed by atoms with Gasteiger partial charge in [0, 0.05) is 13.0 Å². The highest BCUT2D eigenvalue weighted by atomic mass is 16.4. The molecule has 0 aliphatic heterocycles. The summed E-state index contributed by atoms with van der Waals surface area (Å²) < 4.78 is 0. The Kier molecular flexibility index (Phi) is 13.0. The van der Waals surface area contributed by atoms with Gasteiger partial charge in [-0.05, 0) is 33.1 Å². The molecule has 0 heterocycles. The number of guanidine groups is 1. The van der Waals surface area contributed by atoms with E-state index in [9.17, 15) is 29.1 Å². The van der Waals surface area contributed by atoms with Crippen LogP contribution < -0.4 is 33.2 Å². The zero-order chi connectivity index (χ0) is 25.7. The van der Waals surface area contributed by atoms with Gasteiger partial charge in [-0.1, -0.05) is 0 Å². The normalized spacial score (nSPS) is 15.2. The SMILES string of the molecule is CC(NC(=O)C(NC(=O)C(CCCN=C(N)N)NC(=O)C(N)CCC(=O)O)C(C)O)C(=O)O. The smallest absolute Gasteiger partial charge is 0.325 e. The van der Waals surface area contributed by atoms with Gasteiger partial charge in [-0.15, -0.1) is 0 Å². The number of carbonyl (C=O) groups is 5. The third-order valence-corrected chi connectivity index (χ3v) is 4.38. The van der Waals surface area contributed by atoms with Crippen molar-refractivity contribution in [2.24, 2.45) is 22.2 Å². The lowest BCUT2D eigenvalue weighted by Crippen LogP contribution is -2.59. The maximum absolute atomic E-state index is 12.8. The van der Waals surface area contributed by atoms with E-state index in [2.05, 4.69) is 20.9 Å². The molecule has 15 nitrogen and oxygen atoms in total. The predicted molar refractivity (Wildman–Crippen MR) is 116 cm³/mol. The quantitative estimate of drug-likeness (QED) is 0.0628. The number of aliphatic carboxylic acids is 2. The zero-order valence-corrected chi connectivity index (χ0v) is 18.5. The van der Waals surface area contributed by atoms with E-state index in [-0.39, 0.29) is 38.2 Å². The molecular formula is C18H33N7O8. The summed E-state index contributed by atoms with van der Waals surface area (Å²) in [7, 11) is 0. The van der Waals surface area contributed by atoms with Crippen molar-refractivity contribution < 1.29 is 39.3 Å². The number of hydrogen-bond acceptors (Lipinski definition) is 8. The van der Waals surface area contributed by atoms with Gasteiger partial charge in [0.2, 0.25) is 17.7 Å². The number of nitrogens with two attached hydrogens (primary N) is 3. The Labute approximate surface area is 190 Å². The molecule has 0 aliphatic carbocycles. The van der Waals surface area contributed by atoms with Gasteiger partial charge < -0.3 is 48.5 Å². The number of carboxylic acid groups (broad SMARTS) is 2. The standard InChI is InChI=1S/C18H33N7O8/c1-8(17(32)33)23-16(31)13(9(2)26)25-15(30)11(4-3-7-22-18(20)21)24-14(29)10(19)5-6-12(27)28/h8-11,13,26H,3-7,19H2,1-2H3,(H,23,31)(H,24,29)(H,25,30)(H,27,28)(H,32,33)(H4,20,21,22).